The summed E-state index contributed by atoms with van der Waals surface area (Å²) in [6.07, 6.45) is -9.13. The lowest BCUT2D eigenvalue weighted by molar-refractivity contribution is -0.138. The molecular formula is C42H24F6. The van der Waals surface area contributed by atoms with Gasteiger partial charge in [-0.3, -0.25) is 0 Å². The van der Waals surface area contributed by atoms with Crippen molar-refractivity contribution in [2.45, 2.75) is 12.4 Å². The molecule has 0 saturated heterocycles. The lowest BCUT2D eigenvalue weighted by Gasteiger charge is -2.21. The van der Waals surface area contributed by atoms with E-state index < -0.39 is 23.5 Å². The van der Waals surface area contributed by atoms with Crippen LogP contribution in [-0.2, 0) is 12.4 Å². The maximum absolute atomic E-state index is 14.0. The predicted octanol–water partition coefficient (Wildman–Crippen LogP) is 13.3. The van der Waals surface area contributed by atoms with Crippen LogP contribution in [0.4, 0.5) is 26.3 Å². The van der Waals surface area contributed by atoms with E-state index in [0.29, 0.717) is 43.8 Å². The van der Waals surface area contributed by atoms with Crippen LogP contribution >= 0.6 is 0 Å². The Kier molecular flexibility index (Phi) is 6.81. The van der Waals surface area contributed by atoms with E-state index in [9.17, 15) is 26.3 Å². The van der Waals surface area contributed by atoms with Gasteiger partial charge in [0.05, 0.1) is 11.1 Å². The van der Waals surface area contributed by atoms with Gasteiger partial charge in [0.2, 0.25) is 0 Å². The van der Waals surface area contributed by atoms with Crippen LogP contribution in [0.15, 0.2) is 146 Å². The molecule has 0 fully saturated rings. The van der Waals surface area contributed by atoms with E-state index in [1.54, 1.807) is 24.3 Å². The summed E-state index contributed by atoms with van der Waals surface area (Å²) >= 11 is 0. The Labute approximate surface area is 271 Å². The Morgan fingerprint density at radius 1 is 0.312 bits per heavy atom. The number of rotatable bonds is 3. The Balaban J connectivity index is 1.61. The molecule has 0 saturated carbocycles. The van der Waals surface area contributed by atoms with Crippen molar-refractivity contribution >= 4 is 43.1 Å². The first kappa shape index (κ1) is 29.8. The summed E-state index contributed by atoms with van der Waals surface area (Å²) < 4.78 is 84.2. The van der Waals surface area contributed by atoms with Crippen LogP contribution in [0.25, 0.3) is 76.5 Å². The second kappa shape index (κ2) is 11.0. The molecule has 234 valence electrons. The minimum absolute atomic E-state index is 0.364. The first-order chi connectivity index (χ1) is 23.1. The number of alkyl halides is 6. The summed E-state index contributed by atoms with van der Waals surface area (Å²) in [7, 11) is 0. The van der Waals surface area contributed by atoms with Crippen molar-refractivity contribution in [2.75, 3.05) is 0 Å². The van der Waals surface area contributed by atoms with Crippen LogP contribution in [-0.4, -0.2) is 0 Å². The molecule has 0 unspecified atom stereocenters. The van der Waals surface area contributed by atoms with Crippen LogP contribution in [0.3, 0.4) is 0 Å². The molecule has 8 rings (SSSR count). The Morgan fingerprint density at radius 3 is 1.31 bits per heavy atom. The van der Waals surface area contributed by atoms with E-state index in [2.05, 4.69) is 6.07 Å². The monoisotopic (exact) mass is 642 g/mol. The van der Waals surface area contributed by atoms with Gasteiger partial charge < -0.3 is 0 Å². The van der Waals surface area contributed by atoms with Gasteiger partial charge in [0.1, 0.15) is 0 Å². The highest BCUT2D eigenvalue weighted by atomic mass is 19.4. The molecule has 0 aliphatic rings. The molecule has 0 aliphatic heterocycles. The van der Waals surface area contributed by atoms with Gasteiger partial charge in [-0.25, -0.2) is 0 Å². The SMILES string of the molecule is FC(F)(F)c1cccc(-c2c3ccccc3c(-c3cccc(C(F)(F)F)c3)c3cc4c(cc23)c(-c2ccccc2)cc2ccccc24)c1. The van der Waals surface area contributed by atoms with Gasteiger partial charge in [0, 0.05) is 0 Å². The molecule has 8 aromatic carbocycles. The molecule has 0 bridgehead atoms. The van der Waals surface area contributed by atoms with E-state index in [1.165, 1.54) is 12.1 Å². The van der Waals surface area contributed by atoms with Gasteiger partial charge in [-0.05, 0) is 119 Å². The van der Waals surface area contributed by atoms with Crippen LogP contribution in [0.5, 0.6) is 0 Å². The van der Waals surface area contributed by atoms with E-state index in [-0.39, 0.29) is 0 Å². The third kappa shape index (κ3) is 4.96. The maximum atomic E-state index is 14.0. The summed E-state index contributed by atoms with van der Waals surface area (Å²) in [6, 6.07) is 41.6. The molecule has 0 amide bonds. The van der Waals surface area contributed by atoms with Gasteiger partial charge in [-0.15, -0.1) is 0 Å². The number of benzene rings is 8. The van der Waals surface area contributed by atoms with E-state index in [4.69, 9.17) is 0 Å². The van der Waals surface area contributed by atoms with Crippen molar-refractivity contribution in [1.82, 2.24) is 0 Å². The van der Waals surface area contributed by atoms with E-state index >= 15 is 0 Å². The lowest BCUT2D eigenvalue weighted by Crippen LogP contribution is -2.05. The summed E-state index contributed by atoms with van der Waals surface area (Å²) in [4.78, 5) is 0. The van der Waals surface area contributed by atoms with Gasteiger partial charge in [-0.2, -0.15) is 26.3 Å². The third-order valence-corrected chi connectivity index (χ3v) is 9.05. The second-order valence-electron chi connectivity index (χ2n) is 11.9. The Bertz CT molecular complexity index is 2530. The molecule has 0 radical (unpaired) electrons. The minimum atomic E-state index is -4.56. The molecule has 0 aliphatic carbocycles. The molecule has 6 heteroatoms. The van der Waals surface area contributed by atoms with Crippen LogP contribution in [0, 0.1) is 0 Å². The first-order valence-corrected chi connectivity index (χ1v) is 15.3. The molecule has 8 aromatic rings. The van der Waals surface area contributed by atoms with Crippen LogP contribution in [0.2, 0.25) is 0 Å². The maximum Gasteiger partial charge on any atom is 0.416 e. The van der Waals surface area contributed by atoms with Crippen molar-refractivity contribution < 1.29 is 26.3 Å². The predicted molar refractivity (Wildman–Crippen MR) is 183 cm³/mol. The number of hydrogen-bond donors (Lipinski definition) is 0. The largest absolute Gasteiger partial charge is 0.416 e. The molecular weight excluding hydrogens is 618 g/mol. The fraction of sp³-hybridized carbons (Fsp3) is 0.0476. The zero-order chi connectivity index (χ0) is 33.2. The highest BCUT2D eigenvalue weighted by Gasteiger charge is 2.32. The van der Waals surface area contributed by atoms with Gasteiger partial charge in [0.15, 0.2) is 0 Å². The summed E-state index contributed by atoms with van der Waals surface area (Å²) in [5.41, 5.74) is 2.23. The highest BCUT2D eigenvalue weighted by molar-refractivity contribution is 6.27. The summed E-state index contributed by atoms with van der Waals surface area (Å²) in [6.45, 7) is 0. The van der Waals surface area contributed by atoms with Crippen molar-refractivity contribution in [3.05, 3.63) is 157 Å². The minimum Gasteiger partial charge on any atom is -0.166 e. The number of hydrogen-bond acceptors (Lipinski definition) is 0. The molecule has 0 atom stereocenters. The van der Waals surface area contributed by atoms with E-state index in [1.807, 2.05) is 78.9 Å². The van der Waals surface area contributed by atoms with Gasteiger partial charge in [0.25, 0.3) is 0 Å². The standard InChI is InChI=1S/C42H24F6/c43-41(44,45)29-15-8-13-27(20-29)39-32-18-6-7-19-33(32)40(28-14-9-16-30(21-28)42(46,47)48)38-24-36-34(25-10-2-1-3-11-25)22-26-12-4-5-17-31(26)35(36)23-37(38)39/h1-24H. The van der Waals surface area contributed by atoms with E-state index in [0.717, 1.165) is 56.9 Å². The number of halogens is 6. The zero-order valence-electron chi connectivity index (χ0n) is 25.1. The highest BCUT2D eigenvalue weighted by Crippen LogP contribution is 2.48. The van der Waals surface area contributed by atoms with Gasteiger partial charge >= 0.3 is 12.4 Å². The number of fused-ring (bicyclic) bond motifs is 5. The molecule has 0 nitrogen and oxygen atoms in total. The van der Waals surface area contributed by atoms with Crippen molar-refractivity contribution in [3.8, 4) is 33.4 Å². The second-order valence-corrected chi connectivity index (χ2v) is 11.9. The normalized spacial score (nSPS) is 12.4. The fourth-order valence-electron chi connectivity index (χ4n) is 6.95. The summed E-state index contributed by atoms with van der Waals surface area (Å²) in [5, 5.41) is 6.27. The Hall–Kier alpha value is -5.62. The van der Waals surface area contributed by atoms with Crippen molar-refractivity contribution in [2.24, 2.45) is 0 Å². The lowest BCUT2D eigenvalue weighted by atomic mass is 9.83. The van der Waals surface area contributed by atoms with Crippen molar-refractivity contribution in [3.63, 3.8) is 0 Å². The molecule has 0 spiro atoms. The van der Waals surface area contributed by atoms with Gasteiger partial charge in [-0.1, -0.05) is 103 Å². The quantitative estimate of drug-likeness (QED) is 0.102. The summed E-state index contributed by atoms with van der Waals surface area (Å²) in [5.74, 6) is 0. The smallest absolute Gasteiger partial charge is 0.166 e. The average Bonchev–Trinajstić information content (AvgIpc) is 3.09. The fourth-order valence-corrected chi connectivity index (χ4v) is 6.95. The van der Waals surface area contributed by atoms with Crippen LogP contribution < -0.4 is 0 Å². The van der Waals surface area contributed by atoms with Crippen LogP contribution in [0.1, 0.15) is 11.1 Å². The molecule has 0 heterocycles. The zero-order valence-corrected chi connectivity index (χ0v) is 25.1. The topological polar surface area (TPSA) is 0 Å². The van der Waals surface area contributed by atoms with Crippen molar-refractivity contribution in [1.29, 1.82) is 0 Å². The average molecular weight is 643 g/mol. The third-order valence-electron chi connectivity index (χ3n) is 9.05. The molecule has 0 N–H and O–H groups in total. The molecule has 48 heavy (non-hydrogen) atoms. The Morgan fingerprint density at radius 2 is 0.771 bits per heavy atom. The molecule has 0 aromatic heterocycles. The first-order valence-electron chi connectivity index (χ1n) is 15.3.